The Morgan fingerprint density at radius 2 is 0.728 bits per heavy atom. The fourth-order valence-corrected chi connectivity index (χ4v) is 13.3. The first kappa shape index (κ1) is 74.2. The number of nitrogens with zero attached hydrogens (tertiary/aromatic N) is 2. The molecule has 0 atom stereocenters. The van der Waals surface area contributed by atoms with Crippen LogP contribution in [0, 0.1) is 23.7 Å². The van der Waals surface area contributed by atoms with Crippen molar-refractivity contribution < 1.29 is 28.6 Å². The third kappa shape index (κ3) is 17.4. The number of ether oxygens (including phenoxy) is 3. The van der Waals surface area contributed by atoms with Crippen molar-refractivity contribution in [3.63, 3.8) is 0 Å². The lowest BCUT2D eigenvalue weighted by molar-refractivity contribution is 0.0487. The number of aromatic amines is 2. The molecule has 0 amide bonds. The molecule has 0 saturated heterocycles. The molecule has 0 spiro atoms. The molecule has 0 fully saturated rings. The van der Waals surface area contributed by atoms with Crippen LogP contribution in [0.15, 0.2) is 127 Å². The quantitative estimate of drug-likeness (QED) is 0.0333. The van der Waals surface area contributed by atoms with Gasteiger partial charge in [0, 0.05) is 33.3 Å². The van der Waals surface area contributed by atoms with E-state index in [1.807, 2.05) is 60.7 Å². The second-order valence-electron chi connectivity index (χ2n) is 31.8. The number of unbranched alkanes of at least 4 members (excludes halogenated alkanes) is 9. The molecule has 6 aliphatic rings. The molecule has 530 valence electrons. The van der Waals surface area contributed by atoms with Gasteiger partial charge < -0.3 is 24.2 Å². The first-order valence-electron chi connectivity index (χ1n) is 37.4. The summed E-state index contributed by atoms with van der Waals surface area (Å²) in [5, 5.41) is 0. The number of hydrogen-bond donors (Lipinski definition) is 2. The van der Waals surface area contributed by atoms with Crippen molar-refractivity contribution in [3.05, 3.63) is 211 Å². The maximum absolute atomic E-state index is 14.0. The van der Waals surface area contributed by atoms with Gasteiger partial charge in [-0.3, -0.25) is 0 Å². The van der Waals surface area contributed by atoms with Gasteiger partial charge in [0.2, 0.25) is 0 Å². The molecule has 5 aromatic rings. The molecular weight excluding hydrogens is 1270 g/mol. The molecule has 10 heteroatoms. The number of hydrogen-bond acceptors (Lipinski definition) is 8. The van der Waals surface area contributed by atoms with E-state index in [2.05, 4.69) is 222 Å². The Hall–Kier alpha value is -10.0. The highest BCUT2D eigenvalue weighted by molar-refractivity contribution is 6.08. The third-order valence-corrected chi connectivity index (χ3v) is 19.6. The minimum absolute atomic E-state index is 0.203. The molecule has 3 aromatic heterocycles. The van der Waals surface area contributed by atoms with Gasteiger partial charge in [-0.1, -0.05) is 264 Å². The highest BCUT2D eigenvalue weighted by Gasteiger charge is 2.29. The predicted molar refractivity (Wildman–Crippen MR) is 426 cm³/mol. The normalized spacial score (nSPS) is 12.3. The number of benzene rings is 2. The van der Waals surface area contributed by atoms with Crippen LogP contribution >= 0.6 is 0 Å². The van der Waals surface area contributed by atoms with Gasteiger partial charge in [-0.15, -0.1) is 0 Å². The Balaban J connectivity index is 1.19. The molecule has 0 saturated carbocycles. The molecule has 0 radical (unpaired) electrons. The van der Waals surface area contributed by atoms with Gasteiger partial charge >= 0.3 is 17.9 Å². The van der Waals surface area contributed by atoms with Crippen LogP contribution in [0.2, 0.25) is 0 Å². The monoisotopic (exact) mass is 1370 g/mol. The van der Waals surface area contributed by atoms with Crippen molar-refractivity contribution in [2.24, 2.45) is 0 Å². The number of carbonyl (C=O) groups is 3. The van der Waals surface area contributed by atoms with Gasteiger partial charge in [0.1, 0.15) is 0 Å². The van der Waals surface area contributed by atoms with E-state index in [0.717, 1.165) is 144 Å². The van der Waals surface area contributed by atoms with E-state index in [-0.39, 0.29) is 40.8 Å². The summed E-state index contributed by atoms with van der Waals surface area (Å²) in [6, 6.07) is 43.3. The van der Waals surface area contributed by atoms with Crippen molar-refractivity contribution in [1.82, 2.24) is 19.9 Å². The largest absolute Gasteiger partial charge is 0.462 e. The summed E-state index contributed by atoms with van der Waals surface area (Å²) in [6.07, 6.45) is 20.0. The van der Waals surface area contributed by atoms with E-state index in [4.69, 9.17) is 24.2 Å². The number of carbonyl (C=O) groups excluding carboxylic acids is 3. The molecule has 4 aliphatic carbocycles. The van der Waals surface area contributed by atoms with Crippen molar-refractivity contribution in [2.45, 2.75) is 203 Å². The average molecular weight is 1370 g/mol. The lowest BCUT2D eigenvalue weighted by Gasteiger charge is -2.26. The fraction of sp³-hybridized carbons (Fsp3) is 0.366. The standard InChI is InChI=1S/C93H102N4O6/c1-16-19-22-28-49-101-87(98)74-56-61(68-31-26-25-27-32-69(68)74)36-40-73-79-43-47-83(96-79)85(62-52-64(90(4,5)6)57-65(53-62)91(7,8)9)81-45-41-77(94-81)72(78-42-46-82(95-78)86(84-48-44-80(73)97-84)63-54-66(92(10,11)12)58-67(55-63)93(13,14)15)39-35-60-33-37-70-71(38-34-60)76(89(100)103-51-30-24-21-18-3)59-75(70)88(99)102-50-29-23-20-17-2/h25-27,31-34,37-38,41-48,52-59,94-95H,16-24,28-30,49-51H2,1-15H3. The van der Waals surface area contributed by atoms with Crippen LogP contribution in [0.5, 0.6) is 0 Å². The number of rotatable bonds is 20. The number of nitrogens with one attached hydrogen (secondary N) is 2. The van der Waals surface area contributed by atoms with Gasteiger partial charge in [-0.25, -0.2) is 24.4 Å². The zero-order valence-electron chi connectivity index (χ0n) is 63.4. The molecule has 11 rings (SSSR count). The lowest BCUT2D eigenvalue weighted by Crippen LogP contribution is -2.16. The third-order valence-electron chi connectivity index (χ3n) is 19.6. The maximum Gasteiger partial charge on any atom is 0.338 e. The van der Waals surface area contributed by atoms with Crippen molar-refractivity contribution in [2.75, 3.05) is 19.8 Å². The van der Waals surface area contributed by atoms with Crippen molar-refractivity contribution in [3.8, 4) is 68.2 Å². The molecule has 2 N–H and O–H groups in total. The Morgan fingerprint density at radius 3 is 1.14 bits per heavy atom. The van der Waals surface area contributed by atoms with Crippen LogP contribution in [0.1, 0.15) is 279 Å². The van der Waals surface area contributed by atoms with Crippen molar-refractivity contribution in [1.29, 1.82) is 0 Å². The van der Waals surface area contributed by atoms with E-state index >= 15 is 0 Å². The predicted octanol–water partition coefficient (Wildman–Crippen LogP) is 23.4. The second kappa shape index (κ2) is 31.7. The van der Waals surface area contributed by atoms with Crippen LogP contribution in [0.4, 0.5) is 0 Å². The van der Waals surface area contributed by atoms with Gasteiger partial charge in [0.05, 0.1) is 81.4 Å². The molecule has 8 bridgehead atoms. The topological polar surface area (TPSA) is 136 Å². The van der Waals surface area contributed by atoms with Gasteiger partial charge in [0.15, 0.2) is 0 Å². The highest BCUT2D eigenvalue weighted by atomic mass is 16.5. The molecule has 5 heterocycles. The average Bonchev–Trinajstić information content (AvgIpc) is 1.62. The summed E-state index contributed by atoms with van der Waals surface area (Å²) >= 11 is 0. The van der Waals surface area contributed by atoms with E-state index in [1.54, 1.807) is 6.07 Å². The SMILES string of the molecule is CCCCCCOC(=O)c1cc(C#Cc2c3nc(c(-c4cc(C(C)(C)C)cc(C(C)(C)C)c4)c4ccc([nH]4)c(C#Cc4ccc5c(C(=O)OCCCCCC)cc(C(=O)OCCCCCC)c-5cc4)c4ccc([nH]4)c(-c4cc(C(C)(C)C)cc(C(C)(C)C)c4)c4nc2C=C4)C=C3)c2cccccc1-2. The highest BCUT2D eigenvalue weighted by Crippen LogP contribution is 2.42. The molecule has 2 aliphatic heterocycles. The summed E-state index contributed by atoms with van der Waals surface area (Å²) in [5.74, 6) is 13.2. The van der Waals surface area contributed by atoms with Crippen LogP contribution in [0.25, 0.3) is 90.9 Å². The molecule has 10 nitrogen and oxygen atoms in total. The van der Waals surface area contributed by atoms with Crippen LogP contribution in [-0.4, -0.2) is 57.7 Å². The van der Waals surface area contributed by atoms with E-state index in [0.29, 0.717) is 68.1 Å². The Kier molecular flexibility index (Phi) is 22.8. The first-order chi connectivity index (χ1) is 49.2. The van der Waals surface area contributed by atoms with Crippen LogP contribution in [-0.2, 0) is 35.9 Å². The van der Waals surface area contributed by atoms with E-state index in [9.17, 15) is 14.4 Å². The van der Waals surface area contributed by atoms with Crippen molar-refractivity contribution >= 4 is 64.3 Å². The van der Waals surface area contributed by atoms with E-state index in [1.165, 1.54) is 22.3 Å². The summed E-state index contributed by atoms with van der Waals surface area (Å²) in [5.41, 5.74) is 20.2. The number of aromatic nitrogens is 4. The zero-order valence-corrected chi connectivity index (χ0v) is 63.4. The fourth-order valence-electron chi connectivity index (χ4n) is 13.3. The minimum atomic E-state index is -0.477. The Bertz CT molecular complexity index is 4680. The Morgan fingerprint density at radius 1 is 0.359 bits per heavy atom. The number of fused-ring (bicyclic) bond motifs is 10. The number of esters is 3. The molecule has 2 aromatic carbocycles. The van der Waals surface area contributed by atoms with E-state index < -0.39 is 11.9 Å². The van der Waals surface area contributed by atoms with Gasteiger partial charge in [-0.05, 0) is 169 Å². The first-order valence-corrected chi connectivity index (χ1v) is 37.4. The summed E-state index contributed by atoms with van der Waals surface area (Å²) in [4.78, 5) is 61.3. The van der Waals surface area contributed by atoms with Crippen LogP contribution < -0.4 is 0 Å². The van der Waals surface area contributed by atoms with Gasteiger partial charge in [-0.2, -0.15) is 0 Å². The maximum atomic E-state index is 14.0. The molecule has 0 unspecified atom stereocenters. The van der Waals surface area contributed by atoms with Gasteiger partial charge in [0.25, 0.3) is 0 Å². The Labute approximate surface area is 611 Å². The smallest absolute Gasteiger partial charge is 0.338 e. The second-order valence-corrected chi connectivity index (χ2v) is 31.8. The summed E-state index contributed by atoms with van der Waals surface area (Å²) in [6.45, 7) is 34.5. The molecular formula is C93H102N4O6. The van der Waals surface area contributed by atoms with Crippen LogP contribution in [0.3, 0.4) is 0 Å². The zero-order chi connectivity index (χ0) is 73.4. The summed E-state index contributed by atoms with van der Waals surface area (Å²) in [7, 11) is 0. The number of H-pyrrole nitrogens is 2. The summed E-state index contributed by atoms with van der Waals surface area (Å²) < 4.78 is 17.7. The minimum Gasteiger partial charge on any atom is -0.462 e. The molecule has 103 heavy (non-hydrogen) atoms. The lowest BCUT2D eigenvalue weighted by atomic mass is 9.78.